The van der Waals surface area contributed by atoms with E-state index < -0.39 is 0 Å². The average molecular weight is 680 g/mol. The third kappa shape index (κ3) is 6.82. The van der Waals surface area contributed by atoms with Crippen molar-refractivity contribution in [1.82, 2.24) is 25.1 Å². The Labute approximate surface area is 291 Å². The summed E-state index contributed by atoms with van der Waals surface area (Å²) in [6.07, 6.45) is 8.03. The quantitative estimate of drug-likeness (QED) is 0.236. The van der Waals surface area contributed by atoms with Crippen molar-refractivity contribution >= 4 is 51.7 Å². The van der Waals surface area contributed by atoms with Gasteiger partial charge in [0.2, 0.25) is 17.7 Å². The van der Waals surface area contributed by atoms with Crippen LogP contribution in [-0.2, 0) is 14.4 Å². The van der Waals surface area contributed by atoms with Gasteiger partial charge in [0.25, 0.3) is 0 Å². The van der Waals surface area contributed by atoms with Crippen LogP contribution in [0.5, 0.6) is 0 Å². The second-order valence-electron chi connectivity index (χ2n) is 13.9. The highest BCUT2D eigenvalue weighted by atomic mass is 35.5. The zero-order valence-electron chi connectivity index (χ0n) is 27.7. The van der Waals surface area contributed by atoms with Crippen molar-refractivity contribution < 1.29 is 14.4 Å². The molecule has 4 aliphatic rings. The molecule has 3 aliphatic heterocycles. The number of piperazine rings is 2. The highest BCUT2D eigenvalue weighted by Gasteiger charge is 2.30. The Balaban J connectivity index is 0.805. The molecule has 0 bridgehead atoms. The van der Waals surface area contributed by atoms with Crippen LogP contribution in [0.1, 0.15) is 55.1 Å². The number of nitrogens with one attached hydrogen (secondary N) is 2. The van der Waals surface area contributed by atoms with E-state index in [9.17, 15) is 14.4 Å². The molecule has 0 radical (unpaired) electrons. The predicted molar refractivity (Wildman–Crippen MR) is 192 cm³/mol. The molecular formula is C38H42ClN7O3. The minimum atomic E-state index is -0.190. The molecule has 254 valence electrons. The van der Waals surface area contributed by atoms with Crippen molar-refractivity contribution in [3.8, 4) is 11.1 Å². The van der Waals surface area contributed by atoms with Gasteiger partial charge in [0.15, 0.2) is 0 Å². The maximum atomic E-state index is 13.4. The maximum Gasteiger partial charge on any atom is 0.241 e. The number of hydrogen-bond acceptors (Lipinski definition) is 7. The van der Waals surface area contributed by atoms with Crippen LogP contribution in [0.4, 0.5) is 11.4 Å². The number of benzene rings is 2. The molecule has 2 aromatic heterocycles. The number of nitrogens with zero attached hydrogens (tertiary/aromatic N) is 5. The molecule has 0 spiro atoms. The van der Waals surface area contributed by atoms with E-state index >= 15 is 0 Å². The third-order valence-corrected chi connectivity index (χ3v) is 11.0. The van der Waals surface area contributed by atoms with E-state index in [4.69, 9.17) is 11.6 Å². The van der Waals surface area contributed by atoms with Crippen molar-refractivity contribution in [3.63, 3.8) is 0 Å². The lowest BCUT2D eigenvalue weighted by Gasteiger charge is -2.37. The number of piperidine rings is 1. The number of carbonyl (C=O) groups is 3. The molecule has 10 nitrogen and oxygen atoms in total. The first-order valence-electron chi connectivity index (χ1n) is 17.6. The highest BCUT2D eigenvalue weighted by Crippen LogP contribution is 2.46. The average Bonchev–Trinajstić information content (AvgIpc) is 3.86. The van der Waals surface area contributed by atoms with E-state index in [0.29, 0.717) is 31.8 Å². The topological polar surface area (TPSA) is 105 Å². The lowest BCUT2D eigenvalue weighted by Crippen LogP contribution is -2.51. The van der Waals surface area contributed by atoms with Crippen molar-refractivity contribution in [2.75, 3.05) is 68.7 Å². The fraction of sp³-hybridized carbons (Fsp3) is 0.421. The molecule has 4 fully saturated rings. The minimum Gasteiger partial charge on any atom is -0.369 e. The van der Waals surface area contributed by atoms with Crippen LogP contribution >= 0.6 is 11.6 Å². The number of fused-ring (bicyclic) bond motifs is 1. The van der Waals surface area contributed by atoms with Crippen LogP contribution in [0.3, 0.4) is 0 Å². The lowest BCUT2D eigenvalue weighted by molar-refractivity contribution is -0.133. The summed E-state index contributed by atoms with van der Waals surface area (Å²) in [6.45, 7) is 7.79. The summed E-state index contributed by atoms with van der Waals surface area (Å²) in [5.41, 5.74) is 7.09. The first-order chi connectivity index (χ1) is 23.9. The predicted octanol–water partition coefficient (Wildman–Crippen LogP) is 5.14. The van der Waals surface area contributed by atoms with Crippen LogP contribution < -0.4 is 15.1 Å². The van der Waals surface area contributed by atoms with E-state index in [-0.39, 0.29) is 23.6 Å². The molecule has 4 aromatic rings. The number of aromatic nitrogens is 2. The summed E-state index contributed by atoms with van der Waals surface area (Å²) < 4.78 is 0. The Kier molecular flexibility index (Phi) is 8.86. The van der Waals surface area contributed by atoms with Gasteiger partial charge >= 0.3 is 0 Å². The smallest absolute Gasteiger partial charge is 0.241 e. The molecule has 11 heteroatoms. The molecule has 49 heavy (non-hydrogen) atoms. The number of amides is 3. The van der Waals surface area contributed by atoms with Gasteiger partial charge in [-0.05, 0) is 79.2 Å². The van der Waals surface area contributed by atoms with Gasteiger partial charge in [-0.2, -0.15) is 0 Å². The van der Waals surface area contributed by atoms with E-state index in [2.05, 4.69) is 66.5 Å². The Morgan fingerprint density at radius 2 is 1.55 bits per heavy atom. The van der Waals surface area contributed by atoms with Crippen molar-refractivity contribution in [1.29, 1.82) is 0 Å². The van der Waals surface area contributed by atoms with Crippen molar-refractivity contribution in [2.45, 2.75) is 43.9 Å². The zero-order valence-corrected chi connectivity index (χ0v) is 28.4. The Morgan fingerprint density at radius 1 is 0.816 bits per heavy atom. The lowest BCUT2D eigenvalue weighted by atomic mass is 9.89. The molecule has 8 rings (SSSR count). The molecule has 0 unspecified atom stereocenters. The molecule has 3 saturated heterocycles. The van der Waals surface area contributed by atoms with Crippen LogP contribution in [0.25, 0.3) is 22.2 Å². The summed E-state index contributed by atoms with van der Waals surface area (Å²) in [4.78, 5) is 54.0. The summed E-state index contributed by atoms with van der Waals surface area (Å²) in [7, 11) is 0. The second kappa shape index (κ2) is 13.6. The van der Waals surface area contributed by atoms with E-state index in [1.807, 2.05) is 29.3 Å². The number of rotatable bonds is 9. The number of H-pyrrole nitrogens is 1. The van der Waals surface area contributed by atoms with Gasteiger partial charge in [0, 0.05) is 92.7 Å². The van der Waals surface area contributed by atoms with Gasteiger partial charge in [-0.15, -0.1) is 0 Å². The van der Waals surface area contributed by atoms with E-state index in [0.717, 1.165) is 90.7 Å². The molecule has 5 heterocycles. The van der Waals surface area contributed by atoms with Gasteiger partial charge in [0.1, 0.15) is 5.65 Å². The second-order valence-corrected chi connectivity index (χ2v) is 14.3. The molecule has 3 amide bonds. The number of aromatic amines is 1. The highest BCUT2D eigenvalue weighted by molar-refractivity contribution is 6.38. The maximum absolute atomic E-state index is 13.4. The zero-order chi connectivity index (χ0) is 33.5. The summed E-state index contributed by atoms with van der Waals surface area (Å²) in [6, 6.07) is 16.5. The first-order valence-corrected chi connectivity index (χ1v) is 18.0. The number of hydrogen-bond donors (Lipinski definition) is 2. The third-order valence-electron chi connectivity index (χ3n) is 10.6. The Hall–Kier alpha value is -4.25. The monoisotopic (exact) mass is 679 g/mol. The van der Waals surface area contributed by atoms with E-state index in [1.165, 1.54) is 24.1 Å². The van der Waals surface area contributed by atoms with Crippen LogP contribution in [-0.4, -0.2) is 96.4 Å². The number of imide groups is 1. The number of anilines is 2. The van der Waals surface area contributed by atoms with Gasteiger partial charge < -0.3 is 14.8 Å². The normalized spacial score (nSPS) is 20.0. The van der Waals surface area contributed by atoms with Gasteiger partial charge in [-0.1, -0.05) is 35.9 Å². The molecule has 2 N–H and O–H groups in total. The van der Waals surface area contributed by atoms with Crippen LogP contribution in [0, 0.1) is 0 Å². The number of carbonyl (C=O) groups excluding carboxylic acids is 3. The summed E-state index contributed by atoms with van der Waals surface area (Å²) >= 11 is 6.99. The van der Waals surface area contributed by atoms with Crippen molar-refractivity contribution in [2.24, 2.45) is 0 Å². The molecule has 1 saturated carbocycles. The summed E-state index contributed by atoms with van der Waals surface area (Å²) in [5, 5.41) is 4.14. The first kappa shape index (κ1) is 32.0. The Bertz CT molecular complexity index is 1860. The Morgan fingerprint density at radius 3 is 2.29 bits per heavy atom. The molecule has 1 aliphatic carbocycles. The molecule has 0 atom stereocenters. The number of pyridine rings is 1. The van der Waals surface area contributed by atoms with E-state index in [1.54, 1.807) is 0 Å². The molecule has 2 aromatic carbocycles. The largest absolute Gasteiger partial charge is 0.369 e. The SMILES string of the molecule is O=C1CC(c2ccc(N3CCN(CCCN4CCN(c5cccc(-c6cnc7[nH]cc(C8CC8)c7c6Cl)c5)C(=O)C4)CC3)cc2)CC(=O)N1. The van der Waals surface area contributed by atoms with Gasteiger partial charge in [0.05, 0.1) is 11.6 Å². The van der Waals surface area contributed by atoms with Gasteiger partial charge in [-0.25, -0.2) is 4.98 Å². The fourth-order valence-electron chi connectivity index (χ4n) is 7.74. The minimum absolute atomic E-state index is 0.0367. The summed E-state index contributed by atoms with van der Waals surface area (Å²) in [5.74, 6) is 0.279. The number of halogens is 1. The van der Waals surface area contributed by atoms with Crippen molar-refractivity contribution in [3.05, 3.63) is 77.1 Å². The van der Waals surface area contributed by atoms with Gasteiger partial charge in [-0.3, -0.25) is 29.5 Å². The standard InChI is InChI=1S/C38H42ClN7O3/c39-37-32(23-41-38-36(37)31(22-40-38)26-5-6-26)27-3-1-4-30(19-27)46-18-15-44(24-35(46)49)12-2-11-43-13-16-45(17-14-43)29-9-7-25(8-10-29)28-20-33(47)42-34(48)21-28/h1,3-4,7-10,19,22-23,26,28H,2,5-6,11-18,20-21,24H2,(H,40,41)(H,42,47,48). The molecular weight excluding hydrogens is 638 g/mol. The fourth-order valence-corrected chi connectivity index (χ4v) is 8.10. The van der Waals surface area contributed by atoms with Crippen LogP contribution in [0.2, 0.25) is 5.02 Å². The van der Waals surface area contributed by atoms with Crippen LogP contribution in [0.15, 0.2) is 60.9 Å².